The van der Waals surface area contributed by atoms with Gasteiger partial charge in [0.1, 0.15) is 23.7 Å². The first-order valence-corrected chi connectivity index (χ1v) is 9.48. The Morgan fingerprint density at radius 1 is 0.933 bits per heavy atom. The van der Waals surface area contributed by atoms with Crippen LogP contribution in [0, 0.1) is 0 Å². The predicted octanol–water partition coefficient (Wildman–Crippen LogP) is 3.35. The number of fused-ring (bicyclic) bond motifs is 2. The molecule has 0 radical (unpaired) electrons. The van der Waals surface area contributed by atoms with Crippen molar-refractivity contribution in [1.82, 2.24) is 19.2 Å². The van der Waals surface area contributed by atoms with Crippen molar-refractivity contribution in [3.8, 4) is 11.3 Å². The lowest BCUT2D eigenvalue weighted by molar-refractivity contribution is -0.117. The molecule has 0 fully saturated rings. The van der Waals surface area contributed by atoms with E-state index in [4.69, 9.17) is 0 Å². The molecule has 3 heterocycles. The molecule has 2 aromatic carbocycles. The second kappa shape index (κ2) is 7.29. The lowest BCUT2D eigenvalue weighted by atomic mass is 10.1. The van der Waals surface area contributed by atoms with Gasteiger partial charge in [0.2, 0.25) is 5.91 Å². The van der Waals surface area contributed by atoms with E-state index in [1.807, 2.05) is 71.3 Å². The number of benzene rings is 2. The van der Waals surface area contributed by atoms with E-state index >= 15 is 0 Å². The van der Waals surface area contributed by atoms with Gasteiger partial charge in [-0.1, -0.05) is 54.6 Å². The summed E-state index contributed by atoms with van der Waals surface area (Å²) in [7, 11) is 0. The standard InChI is InChI=1S/C23H17N5O2/c29-20(15-28-23(30)18-11-5-4-10-17(18)14-24-28)26-22-21(16-8-2-1-3-9-16)25-19-12-6-7-13-27(19)22/h1-14H,15H2,(H,26,29). The number of rotatable bonds is 4. The van der Waals surface area contributed by atoms with Crippen LogP contribution in [0.2, 0.25) is 0 Å². The van der Waals surface area contributed by atoms with Crippen molar-refractivity contribution in [3.63, 3.8) is 0 Å². The highest BCUT2D eigenvalue weighted by Crippen LogP contribution is 2.28. The van der Waals surface area contributed by atoms with E-state index < -0.39 is 0 Å². The van der Waals surface area contributed by atoms with Crippen LogP contribution in [0.25, 0.3) is 27.7 Å². The molecule has 1 amide bonds. The van der Waals surface area contributed by atoms with Gasteiger partial charge in [-0.25, -0.2) is 9.67 Å². The first kappa shape index (κ1) is 17.8. The number of hydrogen-bond acceptors (Lipinski definition) is 4. The molecule has 5 rings (SSSR count). The zero-order valence-electron chi connectivity index (χ0n) is 15.9. The fraction of sp³-hybridized carbons (Fsp3) is 0.0435. The molecule has 0 saturated carbocycles. The number of carbonyl (C=O) groups is 1. The van der Waals surface area contributed by atoms with Crippen molar-refractivity contribution in [3.05, 3.63) is 95.5 Å². The third-order valence-corrected chi connectivity index (χ3v) is 4.89. The smallest absolute Gasteiger partial charge is 0.275 e. The first-order valence-electron chi connectivity index (χ1n) is 9.48. The highest BCUT2D eigenvalue weighted by molar-refractivity contribution is 5.94. The molecule has 5 aromatic rings. The van der Waals surface area contributed by atoms with Gasteiger partial charge in [0.15, 0.2) is 0 Å². The summed E-state index contributed by atoms with van der Waals surface area (Å²) in [6.07, 6.45) is 3.43. The fourth-order valence-corrected chi connectivity index (χ4v) is 3.46. The van der Waals surface area contributed by atoms with Crippen molar-refractivity contribution in [2.75, 3.05) is 5.32 Å². The molecular weight excluding hydrogens is 378 g/mol. The van der Waals surface area contributed by atoms with Crippen LogP contribution < -0.4 is 10.9 Å². The predicted molar refractivity (Wildman–Crippen MR) is 115 cm³/mol. The van der Waals surface area contributed by atoms with Gasteiger partial charge in [0.25, 0.3) is 5.56 Å². The average molecular weight is 395 g/mol. The number of nitrogens with one attached hydrogen (secondary N) is 1. The Bertz CT molecular complexity index is 1440. The monoisotopic (exact) mass is 395 g/mol. The topological polar surface area (TPSA) is 81.3 Å². The third kappa shape index (κ3) is 3.12. The van der Waals surface area contributed by atoms with Gasteiger partial charge in [0, 0.05) is 17.1 Å². The minimum absolute atomic E-state index is 0.196. The molecule has 0 saturated heterocycles. The van der Waals surface area contributed by atoms with Gasteiger partial charge in [-0.05, 0) is 18.2 Å². The Hall–Kier alpha value is -4.26. The summed E-state index contributed by atoms with van der Waals surface area (Å²) in [4.78, 5) is 30.2. The van der Waals surface area contributed by atoms with Crippen molar-refractivity contribution >= 4 is 28.1 Å². The Morgan fingerprint density at radius 3 is 2.57 bits per heavy atom. The molecule has 0 aliphatic heterocycles. The molecular formula is C23H17N5O2. The molecule has 3 aromatic heterocycles. The summed E-state index contributed by atoms with van der Waals surface area (Å²) in [6, 6.07) is 22.5. The molecule has 0 aliphatic carbocycles. The van der Waals surface area contributed by atoms with Crippen LogP contribution in [0.3, 0.4) is 0 Å². The summed E-state index contributed by atoms with van der Waals surface area (Å²) in [5.41, 5.74) is 1.96. The quantitative estimate of drug-likeness (QED) is 0.506. The minimum atomic E-state index is -0.359. The van der Waals surface area contributed by atoms with Gasteiger partial charge in [-0.3, -0.25) is 14.0 Å². The summed E-state index contributed by atoms with van der Waals surface area (Å²) in [5.74, 6) is 0.193. The Labute approximate surface area is 171 Å². The minimum Gasteiger partial charge on any atom is -0.308 e. The first-order chi connectivity index (χ1) is 14.7. The molecule has 7 nitrogen and oxygen atoms in total. The van der Waals surface area contributed by atoms with Crippen LogP contribution >= 0.6 is 0 Å². The van der Waals surface area contributed by atoms with Crippen molar-refractivity contribution in [1.29, 1.82) is 0 Å². The van der Waals surface area contributed by atoms with Crippen LogP contribution in [-0.4, -0.2) is 25.1 Å². The van der Waals surface area contributed by atoms with Gasteiger partial charge in [-0.15, -0.1) is 0 Å². The molecule has 30 heavy (non-hydrogen) atoms. The highest BCUT2D eigenvalue weighted by Gasteiger charge is 2.17. The maximum atomic E-state index is 12.8. The molecule has 7 heteroatoms. The SMILES string of the molecule is O=C(Cn1ncc2ccccc2c1=O)Nc1c(-c2ccccc2)nc2ccccn12. The van der Waals surface area contributed by atoms with Crippen molar-refractivity contribution in [2.24, 2.45) is 0 Å². The Morgan fingerprint density at radius 2 is 1.70 bits per heavy atom. The summed E-state index contributed by atoms with van der Waals surface area (Å²) in [5, 5.41) is 8.33. The average Bonchev–Trinajstić information content (AvgIpc) is 3.15. The van der Waals surface area contributed by atoms with E-state index in [0.717, 1.165) is 10.9 Å². The number of amides is 1. The van der Waals surface area contributed by atoms with Gasteiger partial charge in [-0.2, -0.15) is 5.10 Å². The summed E-state index contributed by atoms with van der Waals surface area (Å²) < 4.78 is 2.99. The number of carbonyl (C=O) groups excluding carboxylic acids is 1. The third-order valence-electron chi connectivity index (χ3n) is 4.89. The largest absolute Gasteiger partial charge is 0.308 e. The van der Waals surface area contributed by atoms with E-state index in [0.29, 0.717) is 22.5 Å². The number of aromatic nitrogens is 4. The van der Waals surface area contributed by atoms with E-state index in [9.17, 15) is 9.59 Å². The number of imidazole rings is 1. The number of anilines is 1. The number of pyridine rings is 1. The maximum Gasteiger partial charge on any atom is 0.275 e. The summed E-state index contributed by atoms with van der Waals surface area (Å²) >= 11 is 0. The van der Waals surface area contributed by atoms with Crippen LogP contribution in [0.4, 0.5) is 5.82 Å². The zero-order chi connectivity index (χ0) is 20.5. The molecule has 0 spiro atoms. The van der Waals surface area contributed by atoms with Crippen LogP contribution in [0.1, 0.15) is 0 Å². The lowest BCUT2D eigenvalue weighted by Crippen LogP contribution is -2.29. The molecule has 1 N–H and O–H groups in total. The van der Waals surface area contributed by atoms with E-state index in [1.54, 1.807) is 18.3 Å². The second-order valence-electron chi connectivity index (χ2n) is 6.85. The number of hydrogen-bond donors (Lipinski definition) is 1. The lowest BCUT2D eigenvalue weighted by Gasteiger charge is -2.09. The molecule has 0 unspecified atom stereocenters. The zero-order valence-corrected chi connectivity index (χ0v) is 15.9. The number of nitrogens with zero attached hydrogens (tertiary/aromatic N) is 4. The molecule has 146 valence electrons. The van der Waals surface area contributed by atoms with E-state index in [-0.39, 0.29) is 18.0 Å². The maximum absolute atomic E-state index is 12.8. The van der Waals surface area contributed by atoms with Crippen molar-refractivity contribution in [2.45, 2.75) is 6.54 Å². The fourth-order valence-electron chi connectivity index (χ4n) is 3.46. The normalized spacial score (nSPS) is 11.1. The highest BCUT2D eigenvalue weighted by atomic mass is 16.2. The Kier molecular flexibility index (Phi) is 4.33. The van der Waals surface area contributed by atoms with E-state index in [1.165, 1.54) is 4.68 Å². The van der Waals surface area contributed by atoms with Gasteiger partial charge < -0.3 is 5.32 Å². The molecule has 0 atom stereocenters. The van der Waals surface area contributed by atoms with Crippen LogP contribution in [0.15, 0.2) is 90.0 Å². The summed E-state index contributed by atoms with van der Waals surface area (Å²) in [6.45, 7) is -0.196. The Balaban J connectivity index is 1.51. The second-order valence-corrected chi connectivity index (χ2v) is 6.85. The van der Waals surface area contributed by atoms with Crippen LogP contribution in [0.5, 0.6) is 0 Å². The molecule has 0 bridgehead atoms. The van der Waals surface area contributed by atoms with Crippen molar-refractivity contribution < 1.29 is 4.79 Å². The van der Waals surface area contributed by atoms with E-state index in [2.05, 4.69) is 15.4 Å². The van der Waals surface area contributed by atoms with Gasteiger partial charge >= 0.3 is 0 Å². The van der Waals surface area contributed by atoms with Crippen LogP contribution in [-0.2, 0) is 11.3 Å². The molecule has 0 aliphatic rings. The van der Waals surface area contributed by atoms with Gasteiger partial charge in [0.05, 0.1) is 11.6 Å².